The fraction of sp³-hybridized carbons (Fsp3) is 0.125. The molecule has 0 aliphatic rings. The van der Waals surface area contributed by atoms with Crippen molar-refractivity contribution < 1.29 is 19.1 Å². The molecule has 31 heavy (non-hydrogen) atoms. The first-order valence-corrected chi connectivity index (χ1v) is 9.73. The largest absolute Gasteiger partial charge is 0.493 e. The van der Waals surface area contributed by atoms with Crippen LogP contribution in [0.4, 0.5) is 5.69 Å². The Balaban J connectivity index is 1.58. The number of anilines is 1. The fourth-order valence-corrected chi connectivity index (χ4v) is 3.30. The first kappa shape index (κ1) is 20.2. The topological polar surface area (TPSA) is 82.5 Å². The van der Waals surface area contributed by atoms with Crippen molar-refractivity contribution in [3.05, 3.63) is 84.2 Å². The summed E-state index contributed by atoms with van der Waals surface area (Å²) in [7, 11) is 1.51. The molecule has 0 bridgehead atoms. The van der Waals surface area contributed by atoms with E-state index >= 15 is 0 Å². The molecule has 4 rings (SSSR count). The van der Waals surface area contributed by atoms with E-state index in [0.717, 1.165) is 23.0 Å². The van der Waals surface area contributed by atoms with Gasteiger partial charge in [-0.05, 0) is 42.5 Å². The van der Waals surface area contributed by atoms with E-state index in [1.165, 1.54) is 7.11 Å². The van der Waals surface area contributed by atoms with E-state index in [9.17, 15) is 9.59 Å². The molecule has 0 unspecified atom stereocenters. The van der Waals surface area contributed by atoms with E-state index in [2.05, 4.69) is 10.3 Å². The number of hydrogen-bond donors (Lipinski definition) is 1. The van der Waals surface area contributed by atoms with Crippen LogP contribution in [-0.2, 0) is 17.9 Å². The van der Waals surface area contributed by atoms with E-state index in [-0.39, 0.29) is 19.1 Å². The summed E-state index contributed by atoms with van der Waals surface area (Å²) in [5.41, 5.74) is 2.84. The Morgan fingerprint density at radius 1 is 1.03 bits per heavy atom. The zero-order chi connectivity index (χ0) is 21.6. The SMILES string of the molecule is COc1cc(C=O)ccc1OCc1nc2ccccc2n1CC(=O)Nc1ccccc1. The molecule has 1 aromatic heterocycles. The van der Waals surface area contributed by atoms with E-state index in [0.29, 0.717) is 22.9 Å². The molecular formula is C24H21N3O4. The molecule has 4 aromatic rings. The van der Waals surface area contributed by atoms with Gasteiger partial charge in [-0.1, -0.05) is 30.3 Å². The number of imidazole rings is 1. The van der Waals surface area contributed by atoms with Crippen molar-refractivity contribution in [2.75, 3.05) is 12.4 Å². The molecule has 0 aliphatic heterocycles. The Kier molecular flexibility index (Phi) is 5.93. The number of aldehydes is 1. The third kappa shape index (κ3) is 4.56. The lowest BCUT2D eigenvalue weighted by Crippen LogP contribution is -2.20. The van der Waals surface area contributed by atoms with Gasteiger partial charge in [0.1, 0.15) is 25.3 Å². The molecule has 7 heteroatoms. The van der Waals surface area contributed by atoms with Crippen LogP contribution in [0.15, 0.2) is 72.8 Å². The summed E-state index contributed by atoms with van der Waals surface area (Å²) in [5.74, 6) is 1.38. The molecule has 1 heterocycles. The van der Waals surface area contributed by atoms with Gasteiger partial charge in [0.05, 0.1) is 18.1 Å². The number of nitrogens with zero attached hydrogens (tertiary/aromatic N) is 2. The van der Waals surface area contributed by atoms with Crippen molar-refractivity contribution in [3.8, 4) is 11.5 Å². The highest BCUT2D eigenvalue weighted by molar-refractivity contribution is 5.91. The zero-order valence-electron chi connectivity index (χ0n) is 16.9. The second-order valence-corrected chi connectivity index (χ2v) is 6.83. The molecule has 0 fully saturated rings. The maximum atomic E-state index is 12.7. The molecule has 0 saturated heterocycles. The summed E-state index contributed by atoms with van der Waals surface area (Å²) in [6.07, 6.45) is 0.747. The van der Waals surface area contributed by atoms with Crippen LogP contribution >= 0.6 is 0 Å². The van der Waals surface area contributed by atoms with E-state index < -0.39 is 0 Å². The second-order valence-electron chi connectivity index (χ2n) is 6.83. The fourth-order valence-electron chi connectivity index (χ4n) is 3.30. The van der Waals surface area contributed by atoms with Gasteiger partial charge in [0, 0.05) is 11.3 Å². The molecule has 0 saturated carbocycles. The molecule has 0 radical (unpaired) electrons. The van der Waals surface area contributed by atoms with Crippen LogP contribution in [0.2, 0.25) is 0 Å². The summed E-state index contributed by atoms with van der Waals surface area (Å²) in [6, 6.07) is 21.9. The number of nitrogens with one attached hydrogen (secondary N) is 1. The van der Waals surface area contributed by atoms with E-state index in [1.54, 1.807) is 18.2 Å². The number of hydrogen-bond acceptors (Lipinski definition) is 5. The lowest BCUT2D eigenvalue weighted by molar-refractivity contribution is -0.116. The van der Waals surface area contributed by atoms with Crippen LogP contribution in [0.5, 0.6) is 11.5 Å². The van der Waals surface area contributed by atoms with Gasteiger partial charge in [0.2, 0.25) is 5.91 Å². The summed E-state index contributed by atoms with van der Waals surface area (Å²) in [4.78, 5) is 28.3. The lowest BCUT2D eigenvalue weighted by atomic mass is 10.2. The minimum absolute atomic E-state index is 0.0926. The zero-order valence-corrected chi connectivity index (χ0v) is 16.9. The van der Waals surface area contributed by atoms with Gasteiger partial charge in [-0.2, -0.15) is 0 Å². The maximum absolute atomic E-state index is 12.7. The number of ether oxygens (including phenoxy) is 2. The second kappa shape index (κ2) is 9.13. The number of carbonyl (C=O) groups excluding carboxylic acids is 2. The van der Waals surface area contributed by atoms with Crippen LogP contribution < -0.4 is 14.8 Å². The molecule has 3 aromatic carbocycles. The molecule has 0 aliphatic carbocycles. The van der Waals surface area contributed by atoms with Gasteiger partial charge in [-0.25, -0.2) is 4.98 Å². The Morgan fingerprint density at radius 3 is 2.58 bits per heavy atom. The van der Waals surface area contributed by atoms with Crippen molar-refractivity contribution in [3.63, 3.8) is 0 Å². The van der Waals surface area contributed by atoms with Crippen LogP contribution in [0, 0.1) is 0 Å². The van der Waals surface area contributed by atoms with Gasteiger partial charge in [0.15, 0.2) is 11.5 Å². The number of carbonyl (C=O) groups is 2. The smallest absolute Gasteiger partial charge is 0.244 e. The molecular weight excluding hydrogens is 394 g/mol. The minimum atomic E-state index is -0.163. The van der Waals surface area contributed by atoms with Crippen LogP contribution in [0.1, 0.15) is 16.2 Å². The first-order chi connectivity index (χ1) is 15.2. The summed E-state index contributed by atoms with van der Waals surface area (Å²) < 4.78 is 13.1. The van der Waals surface area contributed by atoms with Gasteiger partial charge in [-0.3, -0.25) is 9.59 Å². The number of amides is 1. The molecule has 1 N–H and O–H groups in total. The molecule has 7 nitrogen and oxygen atoms in total. The highest BCUT2D eigenvalue weighted by Gasteiger charge is 2.15. The van der Waals surface area contributed by atoms with E-state index in [4.69, 9.17) is 9.47 Å². The van der Waals surface area contributed by atoms with Crippen LogP contribution in [-0.4, -0.2) is 28.9 Å². The van der Waals surface area contributed by atoms with Crippen molar-refractivity contribution in [1.82, 2.24) is 9.55 Å². The first-order valence-electron chi connectivity index (χ1n) is 9.73. The van der Waals surface area contributed by atoms with E-state index in [1.807, 2.05) is 59.2 Å². The number of fused-ring (bicyclic) bond motifs is 1. The predicted octanol–water partition coefficient (Wildman–Crippen LogP) is 4.08. The average molecular weight is 415 g/mol. The van der Waals surface area contributed by atoms with Gasteiger partial charge in [-0.15, -0.1) is 0 Å². The van der Waals surface area contributed by atoms with Crippen molar-refractivity contribution in [2.24, 2.45) is 0 Å². The molecule has 0 spiro atoms. The Morgan fingerprint density at radius 2 is 1.81 bits per heavy atom. The lowest BCUT2D eigenvalue weighted by Gasteiger charge is -2.13. The molecule has 1 amide bonds. The number of rotatable bonds is 8. The highest BCUT2D eigenvalue weighted by atomic mass is 16.5. The predicted molar refractivity (Wildman–Crippen MR) is 118 cm³/mol. The number of methoxy groups -OCH3 is 1. The standard InChI is InChI=1S/C24H21N3O4/c1-30-22-13-17(15-28)11-12-21(22)31-16-23-26-19-9-5-6-10-20(19)27(23)14-24(29)25-18-7-3-2-4-8-18/h2-13,15H,14,16H2,1H3,(H,25,29). The maximum Gasteiger partial charge on any atom is 0.244 e. The molecule has 156 valence electrons. The van der Waals surface area contributed by atoms with Crippen molar-refractivity contribution in [2.45, 2.75) is 13.2 Å². The molecule has 0 atom stereocenters. The monoisotopic (exact) mass is 415 g/mol. The van der Waals surface area contributed by atoms with Crippen molar-refractivity contribution in [1.29, 1.82) is 0 Å². The number of benzene rings is 3. The third-order valence-corrected chi connectivity index (χ3v) is 4.77. The Bertz CT molecular complexity index is 1220. The van der Waals surface area contributed by atoms with Gasteiger partial charge >= 0.3 is 0 Å². The third-order valence-electron chi connectivity index (χ3n) is 4.77. The quantitative estimate of drug-likeness (QED) is 0.439. The Hall–Kier alpha value is -4.13. The van der Waals surface area contributed by atoms with Crippen molar-refractivity contribution >= 4 is 28.9 Å². The average Bonchev–Trinajstić information content (AvgIpc) is 3.15. The number of aromatic nitrogens is 2. The van der Waals surface area contributed by atoms with Gasteiger partial charge < -0.3 is 19.4 Å². The summed E-state index contributed by atoms with van der Waals surface area (Å²) >= 11 is 0. The minimum Gasteiger partial charge on any atom is -0.493 e. The van der Waals surface area contributed by atoms with Crippen LogP contribution in [0.25, 0.3) is 11.0 Å². The van der Waals surface area contributed by atoms with Gasteiger partial charge in [0.25, 0.3) is 0 Å². The summed E-state index contributed by atoms with van der Waals surface area (Å²) in [5, 5.41) is 2.90. The normalized spacial score (nSPS) is 10.6. The van der Waals surface area contributed by atoms with Crippen LogP contribution in [0.3, 0.4) is 0 Å². The Labute approximate surface area is 179 Å². The summed E-state index contributed by atoms with van der Waals surface area (Å²) in [6.45, 7) is 0.222. The highest BCUT2D eigenvalue weighted by Crippen LogP contribution is 2.28. The number of para-hydroxylation sites is 3.